The van der Waals surface area contributed by atoms with Crippen molar-refractivity contribution in [2.75, 3.05) is 25.4 Å². The number of ether oxygens (including phenoxy) is 1. The van der Waals surface area contributed by atoms with Crippen LogP contribution in [0.15, 0.2) is 18.3 Å². The van der Waals surface area contributed by atoms with Gasteiger partial charge in [0, 0.05) is 18.3 Å². The summed E-state index contributed by atoms with van der Waals surface area (Å²) >= 11 is 0. The average molecular weight is 321 g/mol. The summed E-state index contributed by atoms with van der Waals surface area (Å²) in [5, 5.41) is 7.86. The molecule has 0 saturated carbocycles. The molecule has 0 bridgehead atoms. The number of pyridine rings is 1. The van der Waals surface area contributed by atoms with Crippen molar-refractivity contribution in [1.29, 1.82) is 0 Å². The van der Waals surface area contributed by atoms with Crippen molar-refractivity contribution in [3.05, 3.63) is 29.6 Å². The van der Waals surface area contributed by atoms with Crippen molar-refractivity contribution in [1.82, 2.24) is 20.1 Å². The smallest absolute Gasteiger partial charge is 0.267 e. The van der Waals surface area contributed by atoms with Gasteiger partial charge in [-0.25, -0.2) is 13.8 Å². The number of anilines is 1. The number of hydrogen-bond acceptors (Lipinski definition) is 5. The minimum Gasteiger partial charge on any atom is -0.383 e. The molecular weight excluding hydrogens is 304 g/mol. The van der Waals surface area contributed by atoms with Gasteiger partial charge in [0.25, 0.3) is 6.43 Å². The average Bonchev–Trinajstić information content (AvgIpc) is 3.16. The molecule has 0 amide bonds. The Morgan fingerprint density at radius 3 is 3.00 bits per heavy atom. The molecule has 8 heteroatoms. The van der Waals surface area contributed by atoms with Gasteiger partial charge in [0.1, 0.15) is 11.4 Å². The first-order valence-corrected chi connectivity index (χ1v) is 7.56. The van der Waals surface area contributed by atoms with E-state index in [-0.39, 0.29) is 17.0 Å². The molecule has 1 atom stereocenters. The number of nitrogens with two attached hydrogens (primary N) is 1. The van der Waals surface area contributed by atoms with Crippen LogP contribution < -0.4 is 11.1 Å². The van der Waals surface area contributed by atoms with Gasteiger partial charge in [-0.15, -0.1) is 0 Å². The van der Waals surface area contributed by atoms with Crippen LogP contribution in [0.4, 0.5) is 14.6 Å². The van der Waals surface area contributed by atoms with E-state index in [0.29, 0.717) is 24.4 Å². The SMILES string of the molecule is Nc1ncc(-c2cc3n(n2)CCOC32CCNC2)cc1C(F)F. The van der Waals surface area contributed by atoms with Crippen LogP contribution in [-0.2, 0) is 16.9 Å². The zero-order valence-electron chi connectivity index (χ0n) is 12.4. The normalized spacial score (nSPS) is 23.6. The van der Waals surface area contributed by atoms with Crippen LogP contribution in [0.5, 0.6) is 0 Å². The number of halogens is 2. The molecule has 0 aromatic carbocycles. The summed E-state index contributed by atoms with van der Waals surface area (Å²) in [6, 6.07) is 3.27. The molecule has 1 unspecified atom stereocenters. The first-order valence-electron chi connectivity index (χ1n) is 7.56. The van der Waals surface area contributed by atoms with Crippen molar-refractivity contribution in [2.24, 2.45) is 0 Å². The van der Waals surface area contributed by atoms with Crippen LogP contribution in [0.25, 0.3) is 11.3 Å². The second-order valence-electron chi connectivity index (χ2n) is 5.91. The van der Waals surface area contributed by atoms with Gasteiger partial charge in [0.05, 0.1) is 30.1 Å². The van der Waals surface area contributed by atoms with E-state index in [4.69, 9.17) is 10.5 Å². The molecule has 122 valence electrons. The lowest BCUT2D eigenvalue weighted by Crippen LogP contribution is -2.40. The highest BCUT2D eigenvalue weighted by molar-refractivity contribution is 5.62. The number of hydrogen-bond donors (Lipinski definition) is 2. The first-order chi connectivity index (χ1) is 11.1. The Morgan fingerprint density at radius 1 is 1.39 bits per heavy atom. The van der Waals surface area contributed by atoms with Gasteiger partial charge in [-0.3, -0.25) is 4.68 Å². The Labute approximate surface area is 131 Å². The fraction of sp³-hybridized carbons (Fsp3) is 0.467. The van der Waals surface area contributed by atoms with Crippen LogP contribution in [0.2, 0.25) is 0 Å². The van der Waals surface area contributed by atoms with Crippen molar-refractivity contribution in [3.63, 3.8) is 0 Å². The number of nitrogens with zero attached hydrogens (tertiary/aromatic N) is 3. The Hall–Kier alpha value is -2.06. The van der Waals surface area contributed by atoms with E-state index in [9.17, 15) is 8.78 Å². The molecule has 2 aliphatic heterocycles. The lowest BCUT2D eigenvalue weighted by Gasteiger charge is -2.33. The van der Waals surface area contributed by atoms with Gasteiger partial charge >= 0.3 is 0 Å². The van der Waals surface area contributed by atoms with Crippen LogP contribution in [0.1, 0.15) is 24.1 Å². The van der Waals surface area contributed by atoms with E-state index >= 15 is 0 Å². The van der Waals surface area contributed by atoms with Gasteiger partial charge in [0.15, 0.2) is 0 Å². The first kappa shape index (κ1) is 14.5. The summed E-state index contributed by atoms with van der Waals surface area (Å²) in [5.74, 6) is -0.146. The predicted octanol–water partition coefficient (Wildman–Crippen LogP) is 1.68. The van der Waals surface area contributed by atoms with Crippen molar-refractivity contribution in [3.8, 4) is 11.3 Å². The molecule has 3 N–H and O–H groups in total. The monoisotopic (exact) mass is 321 g/mol. The Bertz CT molecular complexity index is 739. The molecule has 0 aliphatic carbocycles. The molecule has 6 nitrogen and oxygen atoms in total. The van der Waals surface area contributed by atoms with E-state index in [1.165, 1.54) is 12.3 Å². The number of nitrogens with one attached hydrogen (secondary N) is 1. The standard InChI is InChI=1S/C15H17F2N5O/c16-13(17)10-5-9(7-20-14(10)18)11-6-12-15(1-2-19-8-15)23-4-3-22(12)21-11/h5-7,13,19H,1-4,8H2,(H2,18,20). The number of rotatable bonds is 2. The number of nitrogen functional groups attached to an aromatic ring is 1. The van der Waals surface area contributed by atoms with Crippen LogP contribution in [0, 0.1) is 0 Å². The molecule has 2 aromatic heterocycles. The highest BCUT2D eigenvalue weighted by Crippen LogP contribution is 2.37. The summed E-state index contributed by atoms with van der Waals surface area (Å²) in [6.45, 7) is 2.87. The lowest BCUT2D eigenvalue weighted by molar-refractivity contribution is -0.0657. The quantitative estimate of drug-likeness (QED) is 0.880. The molecule has 2 aromatic rings. The van der Waals surface area contributed by atoms with Gasteiger partial charge < -0.3 is 15.8 Å². The van der Waals surface area contributed by atoms with Gasteiger partial charge in [0.2, 0.25) is 0 Å². The van der Waals surface area contributed by atoms with E-state index in [1.54, 1.807) is 0 Å². The van der Waals surface area contributed by atoms with Gasteiger partial charge in [-0.2, -0.15) is 5.10 Å². The lowest BCUT2D eigenvalue weighted by atomic mass is 9.96. The number of alkyl halides is 2. The van der Waals surface area contributed by atoms with Gasteiger partial charge in [-0.1, -0.05) is 0 Å². The Balaban J connectivity index is 1.77. The van der Waals surface area contributed by atoms with Crippen LogP contribution >= 0.6 is 0 Å². The maximum absolute atomic E-state index is 13.0. The predicted molar refractivity (Wildman–Crippen MR) is 79.9 cm³/mol. The molecule has 4 rings (SSSR count). The van der Waals surface area contributed by atoms with Crippen molar-refractivity contribution >= 4 is 5.82 Å². The molecule has 2 aliphatic rings. The Morgan fingerprint density at radius 2 is 2.26 bits per heavy atom. The largest absolute Gasteiger partial charge is 0.383 e. The van der Waals surface area contributed by atoms with E-state index < -0.39 is 6.43 Å². The summed E-state index contributed by atoms with van der Waals surface area (Å²) in [5.41, 5.74) is 7.03. The summed E-state index contributed by atoms with van der Waals surface area (Å²) in [4.78, 5) is 3.88. The maximum atomic E-state index is 13.0. The third-order valence-corrected chi connectivity index (χ3v) is 4.52. The molecule has 0 radical (unpaired) electrons. The molecule has 4 heterocycles. The van der Waals surface area contributed by atoms with E-state index in [0.717, 1.165) is 25.2 Å². The van der Waals surface area contributed by atoms with E-state index in [2.05, 4.69) is 15.4 Å². The summed E-state index contributed by atoms with van der Waals surface area (Å²) < 4.78 is 33.9. The topological polar surface area (TPSA) is 78.0 Å². The third kappa shape index (κ3) is 2.29. The number of fused-ring (bicyclic) bond motifs is 2. The number of aromatic nitrogens is 3. The fourth-order valence-corrected chi connectivity index (χ4v) is 3.31. The molecule has 23 heavy (non-hydrogen) atoms. The van der Waals surface area contributed by atoms with Crippen molar-refractivity contribution in [2.45, 2.75) is 25.0 Å². The zero-order chi connectivity index (χ0) is 16.0. The second-order valence-corrected chi connectivity index (χ2v) is 5.91. The Kier molecular flexibility index (Phi) is 3.31. The second kappa shape index (κ2) is 5.24. The zero-order valence-corrected chi connectivity index (χ0v) is 12.4. The van der Waals surface area contributed by atoms with Crippen LogP contribution in [-0.4, -0.2) is 34.5 Å². The molecule has 1 saturated heterocycles. The highest BCUT2D eigenvalue weighted by atomic mass is 19.3. The summed E-state index contributed by atoms with van der Waals surface area (Å²) in [6.07, 6.45) is -0.301. The fourth-order valence-electron chi connectivity index (χ4n) is 3.31. The maximum Gasteiger partial charge on any atom is 0.267 e. The van der Waals surface area contributed by atoms with Gasteiger partial charge in [-0.05, 0) is 25.1 Å². The molecule has 1 fully saturated rings. The minimum absolute atomic E-state index is 0.146. The van der Waals surface area contributed by atoms with Crippen LogP contribution in [0.3, 0.4) is 0 Å². The summed E-state index contributed by atoms with van der Waals surface area (Å²) in [7, 11) is 0. The molecular formula is C15H17F2N5O. The highest BCUT2D eigenvalue weighted by Gasteiger charge is 2.42. The van der Waals surface area contributed by atoms with Crippen molar-refractivity contribution < 1.29 is 13.5 Å². The minimum atomic E-state index is -2.66. The molecule has 1 spiro atoms. The van der Waals surface area contributed by atoms with E-state index in [1.807, 2.05) is 10.7 Å². The third-order valence-electron chi connectivity index (χ3n) is 4.52.